The zero-order chi connectivity index (χ0) is 23.4. The summed E-state index contributed by atoms with van der Waals surface area (Å²) in [5, 5.41) is 6.13. The smallest absolute Gasteiger partial charge is 0.418 e. The summed E-state index contributed by atoms with van der Waals surface area (Å²) in [5.74, 6) is 0.00286. The van der Waals surface area contributed by atoms with Crippen LogP contribution in [0.3, 0.4) is 0 Å². The van der Waals surface area contributed by atoms with Crippen LogP contribution in [0.15, 0.2) is 42.0 Å². The second-order valence-electron chi connectivity index (χ2n) is 8.73. The van der Waals surface area contributed by atoms with E-state index in [0.29, 0.717) is 38.1 Å². The number of carbonyl (C=O) groups is 3. The summed E-state index contributed by atoms with van der Waals surface area (Å²) >= 11 is 1.52. The number of amides is 3. The van der Waals surface area contributed by atoms with Crippen molar-refractivity contribution in [3.8, 4) is 16.9 Å². The van der Waals surface area contributed by atoms with Gasteiger partial charge in [0, 0.05) is 30.8 Å². The van der Waals surface area contributed by atoms with Gasteiger partial charge in [0.2, 0.25) is 11.5 Å². The minimum atomic E-state index is -1.36. The molecule has 1 unspecified atom stereocenters. The Kier molecular flexibility index (Phi) is 4.73. The van der Waals surface area contributed by atoms with Crippen LogP contribution in [0.4, 0.5) is 4.79 Å². The molecular weight excluding hydrogens is 456 g/mol. The van der Waals surface area contributed by atoms with Gasteiger partial charge in [0.25, 0.3) is 5.91 Å². The Morgan fingerprint density at radius 3 is 2.94 bits per heavy atom. The van der Waals surface area contributed by atoms with Gasteiger partial charge in [-0.1, -0.05) is 18.2 Å². The number of fused-ring (bicyclic) bond motifs is 3. The summed E-state index contributed by atoms with van der Waals surface area (Å²) in [6, 6.07) is 7.67. The Bertz CT molecular complexity index is 1330. The van der Waals surface area contributed by atoms with E-state index >= 15 is 0 Å². The van der Waals surface area contributed by atoms with Crippen LogP contribution in [0.1, 0.15) is 22.4 Å². The molecule has 1 aliphatic carbocycles. The number of benzene rings is 1. The summed E-state index contributed by atoms with van der Waals surface area (Å²) in [4.78, 5) is 42.8. The van der Waals surface area contributed by atoms with Gasteiger partial charge in [0.1, 0.15) is 18.9 Å². The molecule has 3 aliphatic rings. The first-order chi connectivity index (χ1) is 16.4. The first-order valence-corrected chi connectivity index (χ1v) is 12.0. The van der Waals surface area contributed by atoms with E-state index in [1.54, 1.807) is 15.8 Å². The lowest BCUT2D eigenvalue weighted by Crippen LogP contribution is -2.45. The fourth-order valence-corrected chi connectivity index (χ4v) is 5.77. The summed E-state index contributed by atoms with van der Waals surface area (Å²) in [6.07, 6.45) is 3.91. The monoisotopic (exact) mass is 478 g/mol. The number of aryl methyl sites for hydroxylation is 2. The van der Waals surface area contributed by atoms with Crippen molar-refractivity contribution in [1.29, 1.82) is 0 Å². The molecular formula is C24H22N4O5S. The van der Waals surface area contributed by atoms with E-state index in [-0.39, 0.29) is 12.5 Å². The molecule has 0 radical (unpaired) electrons. The van der Waals surface area contributed by atoms with Crippen LogP contribution < -0.4 is 4.74 Å². The van der Waals surface area contributed by atoms with Crippen molar-refractivity contribution in [3.05, 3.63) is 58.0 Å². The number of imide groups is 1. The average Bonchev–Trinajstić information content (AvgIpc) is 3.56. The largest absolute Gasteiger partial charge is 0.491 e. The van der Waals surface area contributed by atoms with Crippen LogP contribution >= 0.6 is 11.3 Å². The summed E-state index contributed by atoms with van der Waals surface area (Å²) in [6.45, 7) is 0.810. The number of aromatic nitrogens is 2. The van der Waals surface area contributed by atoms with Gasteiger partial charge in [-0.3, -0.25) is 14.3 Å². The molecule has 1 saturated heterocycles. The molecule has 34 heavy (non-hydrogen) atoms. The third kappa shape index (κ3) is 3.20. The quantitative estimate of drug-likeness (QED) is 0.575. The lowest BCUT2D eigenvalue weighted by molar-refractivity contribution is -0.142. The van der Waals surface area contributed by atoms with E-state index in [1.807, 2.05) is 42.9 Å². The maximum atomic E-state index is 13.5. The van der Waals surface area contributed by atoms with Crippen molar-refractivity contribution in [3.63, 3.8) is 0 Å². The van der Waals surface area contributed by atoms with Crippen molar-refractivity contribution in [1.82, 2.24) is 19.6 Å². The Morgan fingerprint density at radius 1 is 1.24 bits per heavy atom. The van der Waals surface area contributed by atoms with Crippen LogP contribution in [-0.2, 0) is 39.9 Å². The molecule has 0 saturated carbocycles. The SMILES string of the molecule is Cn1cc(-c2ccc3c(c2)CCC32OC(=O)N(CC(=O)N3CCOc4ccsc4C3)C2=O)cn1. The average molecular weight is 479 g/mol. The molecule has 1 atom stereocenters. The number of hydrogen-bond donors (Lipinski definition) is 0. The molecule has 4 heterocycles. The molecule has 2 aromatic heterocycles. The zero-order valence-electron chi connectivity index (χ0n) is 18.5. The topological polar surface area (TPSA) is 94.0 Å². The van der Waals surface area contributed by atoms with Gasteiger partial charge < -0.3 is 14.4 Å². The van der Waals surface area contributed by atoms with Crippen LogP contribution in [0.2, 0.25) is 0 Å². The van der Waals surface area contributed by atoms with Crippen molar-refractivity contribution in [2.24, 2.45) is 7.05 Å². The molecule has 174 valence electrons. The van der Waals surface area contributed by atoms with E-state index in [9.17, 15) is 14.4 Å². The normalized spacial score (nSPS) is 21.3. The predicted molar refractivity (Wildman–Crippen MR) is 122 cm³/mol. The number of hydrogen-bond acceptors (Lipinski definition) is 7. The molecule has 0 N–H and O–H groups in total. The molecule has 1 fully saturated rings. The summed E-state index contributed by atoms with van der Waals surface area (Å²) in [7, 11) is 1.86. The van der Waals surface area contributed by atoms with Gasteiger partial charge in [-0.25, -0.2) is 9.69 Å². The highest BCUT2D eigenvalue weighted by Crippen LogP contribution is 2.46. The van der Waals surface area contributed by atoms with Gasteiger partial charge in [-0.2, -0.15) is 5.10 Å². The fourth-order valence-electron chi connectivity index (χ4n) is 4.94. The molecule has 0 bridgehead atoms. The lowest BCUT2D eigenvalue weighted by atomic mass is 9.93. The third-order valence-corrected chi connectivity index (χ3v) is 7.59. The molecule has 6 rings (SSSR count). The highest BCUT2D eigenvalue weighted by Gasteiger charge is 2.58. The van der Waals surface area contributed by atoms with Gasteiger partial charge in [0.05, 0.1) is 24.2 Å². The maximum absolute atomic E-state index is 13.5. The number of ether oxygens (including phenoxy) is 2. The Hall–Kier alpha value is -3.66. The summed E-state index contributed by atoms with van der Waals surface area (Å²) < 4.78 is 13.1. The standard InChI is InChI=1S/C24H22N4O5S/c1-26-12-17(11-25-26)15-2-3-18-16(10-15)4-6-24(18)22(30)28(23(31)33-24)14-21(29)27-7-8-32-19-5-9-34-20(19)13-27/h2-3,5,9-12H,4,6-8,13-14H2,1H3. The highest BCUT2D eigenvalue weighted by molar-refractivity contribution is 7.10. The number of carbonyl (C=O) groups excluding carboxylic acids is 3. The van der Waals surface area contributed by atoms with E-state index < -0.39 is 17.6 Å². The van der Waals surface area contributed by atoms with Crippen LogP contribution in [0, 0.1) is 0 Å². The van der Waals surface area contributed by atoms with Crippen LogP contribution in [0.25, 0.3) is 11.1 Å². The predicted octanol–water partition coefficient (Wildman–Crippen LogP) is 2.69. The van der Waals surface area contributed by atoms with E-state index in [0.717, 1.165) is 32.2 Å². The zero-order valence-corrected chi connectivity index (χ0v) is 19.3. The number of nitrogens with zero attached hydrogens (tertiary/aromatic N) is 4. The number of thiophene rings is 1. The van der Waals surface area contributed by atoms with Gasteiger partial charge >= 0.3 is 6.09 Å². The van der Waals surface area contributed by atoms with Gasteiger partial charge in [-0.05, 0) is 29.0 Å². The molecule has 3 aromatic rings. The van der Waals surface area contributed by atoms with Crippen molar-refractivity contribution in [2.75, 3.05) is 19.7 Å². The summed E-state index contributed by atoms with van der Waals surface area (Å²) in [5.41, 5.74) is 2.26. The maximum Gasteiger partial charge on any atom is 0.418 e. The van der Waals surface area contributed by atoms with Gasteiger partial charge in [0.15, 0.2) is 0 Å². The first-order valence-electron chi connectivity index (χ1n) is 11.1. The van der Waals surface area contributed by atoms with Gasteiger partial charge in [-0.15, -0.1) is 11.3 Å². The number of rotatable bonds is 3. The molecule has 10 heteroatoms. The van der Waals surface area contributed by atoms with Crippen molar-refractivity contribution < 1.29 is 23.9 Å². The minimum Gasteiger partial charge on any atom is -0.491 e. The molecule has 3 amide bonds. The second-order valence-corrected chi connectivity index (χ2v) is 9.73. The third-order valence-electron chi connectivity index (χ3n) is 6.70. The van der Waals surface area contributed by atoms with Crippen LogP contribution in [0.5, 0.6) is 5.75 Å². The Balaban J connectivity index is 1.22. The molecule has 1 aromatic carbocycles. The Labute approximate surface area is 199 Å². The van der Waals surface area contributed by atoms with Crippen molar-refractivity contribution >= 4 is 29.2 Å². The molecule has 9 nitrogen and oxygen atoms in total. The highest BCUT2D eigenvalue weighted by atomic mass is 32.1. The first kappa shape index (κ1) is 20.9. The van der Waals surface area contributed by atoms with Crippen molar-refractivity contribution in [2.45, 2.75) is 25.0 Å². The van der Waals surface area contributed by atoms with Crippen LogP contribution in [-0.4, -0.2) is 57.2 Å². The minimum absolute atomic E-state index is 0.308. The van der Waals surface area contributed by atoms with E-state index in [2.05, 4.69) is 5.10 Å². The lowest BCUT2D eigenvalue weighted by Gasteiger charge is -2.23. The Morgan fingerprint density at radius 2 is 2.12 bits per heavy atom. The molecule has 1 spiro atoms. The van der Waals surface area contributed by atoms with E-state index in [4.69, 9.17) is 9.47 Å². The second kappa shape index (κ2) is 7.69. The fraction of sp³-hybridized carbons (Fsp3) is 0.333. The van der Waals surface area contributed by atoms with E-state index in [1.165, 1.54) is 11.3 Å². The molecule has 2 aliphatic heterocycles.